The molecule has 2 saturated heterocycles. The first-order valence-corrected chi connectivity index (χ1v) is 7.12. The second-order valence-corrected chi connectivity index (χ2v) is 5.50. The fourth-order valence-corrected chi connectivity index (χ4v) is 2.98. The van der Waals surface area contributed by atoms with Gasteiger partial charge in [0, 0.05) is 6.54 Å². The second-order valence-electron chi connectivity index (χ2n) is 5.50. The largest absolute Gasteiger partial charge is 0.480 e. The smallest absolute Gasteiger partial charge is 0.345 e. The van der Waals surface area contributed by atoms with Crippen LogP contribution in [-0.2, 0) is 9.63 Å². The molecule has 1 aromatic rings. The number of hydrogen-bond donors (Lipinski definition) is 1. The van der Waals surface area contributed by atoms with Crippen molar-refractivity contribution in [2.24, 2.45) is 0 Å². The van der Waals surface area contributed by atoms with Crippen LogP contribution in [0.5, 0.6) is 0 Å². The molecule has 21 heavy (non-hydrogen) atoms. The average molecular weight is 290 g/mol. The van der Waals surface area contributed by atoms with E-state index >= 15 is 0 Å². The standard InChI is InChI=1S/C15H18N2O4/c1-10(11-5-3-2-4-6-11)21-17-12-7-8-13(14(18)19)16(9-12)15(17)20/h2-6,10,12-13H,7-9H2,1H3,(H,18,19)/t10?,12-,13+/m1/s1. The fourth-order valence-electron chi connectivity index (χ4n) is 2.98. The van der Waals surface area contributed by atoms with E-state index < -0.39 is 12.0 Å². The van der Waals surface area contributed by atoms with Gasteiger partial charge in [0.2, 0.25) is 0 Å². The third-order valence-electron chi connectivity index (χ3n) is 4.15. The number of piperidine rings is 1. The van der Waals surface area contributed by atoms with Crippen molar-refractivity contribution >= 4 is 12.0 Å². The molecule has 2 aliphatic heterocycles. The van der Waals surface area contributed by atoms with E-state index in [1.807, 2.05) is 37.3 Å². The molecule has 0 spiro atoms. The number of carbonyl (C=O) groups excluding carboxylic acids is 1. The number of amides is 2. The molecule has 2 bridgehead atoms. The topological polar surface area (TPSA) is 70.1 Å². The summed E-state index contributed by atoms with van der Waals surface area (Å²) in [5.41, 5.74) is 0.983. The number of carboxylic acids is 1. The summed E-state index contributed by atoms with van der Waals surface area (Å²) < 4.78 is 0. The Morgan fingerprint density at radius 1 is 1.33 bits per heavy atom. The lowest BCUT2D eigenvalue weighted by atomic mass is 10.0. The van der Waals surface area contributed by atoms with Crippen molar-refractivity contribution in [1.82, 2.24) is 9.96 Å². The van der Waals surface area contributed by atoms with Crippen LogP contribution in [0.15, 0.2) is 30.3 Å². The molecule has 6 heteroatoms. The van der Waals surface area contributed by atoms with Gasteiger partial charge in [0.05, 0.1) is 6.04 Å². The van der Waals surface area contributed by atoms with Gasteiger partial charge >= 0.3 is 12.0 Å². The highest BCUT2D eigenvalue weighted by Gasteiger charge is 2.48. The van der Waals surface area contributed by atoms with Gasteiger partial charge in [-0.15, -0.1) is 0 Å². The van der Waals surface area contributed by atoms with Crippen molar-refractivity contribution in [3.8, 4) is 0 Å². The first kappa shape index (κ1) is 13.9. The first-order chi connectivity index (χ1) is 10.1. The maximum atomic E-state index is 12.3. The van der Waals surface area contributed by atoms with Crippen LogP contribution in [0.2, 0.25) is 0 Å². The maximum absolute atomic E-state index is 12.3. The van der Waals surface area contributed by atoms with Crippen molar-refractivity contribution < 1.29 is 19.5 Å². The van der Waals surface area contributed by atoms with Crippen LogP contribution in [0.1, 0.15) is 31.4 Å². The predicted octanol–water partition coefficient (Wildman–Crippen LogP) is 2.03. The van der Waals surface area contributed by atoms with E-state index in [2.05, 4.69) is 0 Å². The average Bonchev–Trinajstić information content (AvgIpc) is 2.73. The Labute approximate surface area is 122 Å². The van der Waals surface area contributed by atoms with Gasteiger partial charge < -0.3 is 10.0 Å². The normalized spacial score (nSPS) is 26.0. The molecule has 1 N–H and O–H groups in total. The lowest BCUT2D eigenvalue weighted by Gasteiger charge is -2.27. The molecular formula is C15H18N2O4. The van der Waals surface area contributed by atoms with Crippen LogP contribution in [0.4, 0.5) is 4.79 Å². The number of nitrogens with zero attached hydrogens (tertiary/aromatic N) is 2. The molecule has 0 aromatic heterocycles. The molecule has 2 aliphatic rings. The van der Waals surface area contributed by atoms with E-state index in [1.54, 1.807) is 0 Å². The van der Waals surface area contributed by atoms with Gasteiger partial charge in [-0.3, -0.25) is 4.84 Å². The Bertz CT molecular complexity index is 548. The van der Waals surface area contributed by atoms with Crippen LogP contribution < -0.4 is 0 Å². The summed E-state index contributed by atoms with van der Waals surface area (Å²) in [6, 6.07) is 8.52. The minimum atomic E-state index is -0.945. The summed E-state index contributed by atoms with van der Waals surface area (Å²) in [7, 11) is 0. The molecule has 0 radical (unpaired) electrons. The number of fused-ring (bicyclic) bond motifs is 2. The number of hydroxylamine groups is 2. The fraction of sp³-hybridized carbons (Fsp3) is 0.467. The molecular weight excluding hydrogens is 272 g/mol. The number of carbonyl (C=O) groups is 2. The van der Waals surface area contributed by atoms with Crippen molar-refractivity contribution in [3.63, 3.8) is 0 Å². The number of benzene rings is 1. The Kier molecular flexibility index (Phi) is 3.55. The lowest BCUT2D eigenvalue weighted by Crippen LogP contribution is -2.44. The zero-order valence-electron chi connectivity index (χ0n) is 11.8. The minimum absolute atomic E-state index is 0.0562. The molecule has 2 amide bonds. The second kappa shape index (κ2) is 5.37. The number of carboxylic acid groups (broad SMARTS) is 1. The van der Waals surface area contributed by atoms with Crippen molar-refractivity contribution in [1.29, 1.82) is 0 Å². The zero-order valence-corrected chi connectivity index (χ0v) is 11.8. The van der Waals surface area contributed by atoms with E-state index in [0.29, 0.717) is 19.4 Å². The van der Waals surface area contributed by atoms with Crippen molar-refractivity contribution in [2.75, 3.05) is 6.54 Å². The Balaban J connectivity index is 1.73. The summed E-state index contributed by atoms with van der Waals surface area (Å²) in [5, 5.41) is 10.5. The SMILES string of the molecule is CC(ON1C(=O)N2C[C@H]1CC[C@H]2C(=O)O)c1ccccc1. The van der Waals surface area contributed by atoms with Crippen LogP contribution in [0, 0.1) is 0 Å². The quantitative estimate of drug-likeness (QED) is 0.921. The van der Waals surface area contributed by atoms with Crippen LogP contribution in [-0.4, -0.2) is 45.7 Å². The molecule has 112 valence electrons. The molecule has 0 aliphatic carbocycles. The number of hydrogen-bond acceptors (Lipinski definition) is 3. The number of aliphatic carboxylic acids is 1. The van der Waals surface area contributed by atoms with E-state index in [0.717, 1.165) is 5.56 Å². The van der Waals surface area contributed by atoms with Gasteiger partial charge in [-0.1, -0.05) is 30.3 Å². The van der Waals surface area contributed by atoms with E-state index in [9.17, 15) is 9.59 Å². The summed E-state index contributed by atoms with van der Waals surface area (Å²) in [6.07, 6.45) is 0.880. The highest BCUT2D eigenvalue weighted by Crippen LogP contribution is 2.32. The third kappa shape index (κ3) is 2.47. The van der Waals surface area contributed by atoms with Crippen LogP contribution in [0.3, 0.4) is 0 Å². The summed E-state index contributed by atoms with van der Waals surface area (Å²) >= 11 is 0. The van der Waals surface area contributed by atoms with E-state index in [-0.39, 0.29) is 18.2 Å². The van der Waals surface area contributed by atoms with Gasteiger partial charge in [-0.25, -0.2) is 9.59 Å². The predicted molar refractivity (Wildman–Crippen MR) is 74.3 cm³/mol. The first-order valence-electron chi connectivity index (χ1n) is 7.12. The van der Waals surface area contributed by atoms with Crippen molar-refractivity contribution in [3.05, 3.63) is 35.9 Å². The molecule has 6 nitrogen and oxygen atoms in total. The molecule has 3 rings (SSSR count). The van der Waals surface area contributed by atoms with Gasteiger partial charge in [-0.2, -0.15) is 5.06 Å². The molecule has 3 atom stereocenters. The highest BCUT2D eigenvalue weighted by atomic mass is 16.7. The van der Waals surface area contributed by atoms with E-state index in [1.165, 1.54) is 9.96 Å². The summed E-state index contributed by atoms with van der Waals surface area (Å²) in [4.78, 5) is 30.7. The lowest BCUT2D eigenvalue weighted by molar-refractivity contribution is -0.168. The number of urea groups is 1. The van der Waals surface area contributed by atoms with Crippen LogP contribution in [0.25, 0.3) is 0 Å². The molecule has 0 saturated carbocycles. The minimum Gasteiger partial charge on any atom is -0.480 e. The van der Waals surface area contributed by atoms with Gasteiger partial charge in [0.15, 0.2) is 0 Å². The Hall–Kier alpha value is -2.08. The maximum Gasteiger partial charge on any atom is 0.345 e. The van der Waals surface area contributed by atoms with Crippen molar-refractivity contribution in [2.45, 2.75) is 38.0 Å². The zero-order chi connectivity index (χ0) is 15.0. The van der Waals surface area contributed by atoms with Gasteiger partial charge in [-0.05, 0) is 25.3 Å². The molecule has 2 fully saturated rings. The van der Waals surface area contributed by atoms with Crippen LogP contribution >= 0.6 is 0 Å². The molecule has 2 heterocycles. The highest BCUT2D eigenvalue weighted by molar-refractivity contribution is 5.84. The van der Waals surface area contributed by atoms with E-state index in [4.69, 9.17) is 9.94 Å². The monoisotopic (exact) mass is 290 g/mol. The molecule has 1 aromatic carbocycles. The Morgan fingerprint density at radius 2 is 2.05 bits per heavy atom. The number of rotatable bonds is 4. The molecule has 1 unspecified atom stereocenters. The Morgan fingerprint density at radius 3 is 2.71 bits per heavy atom. The third-order valence-corrected chi connectivity index (χ3v) is 4.15. The van der Waals surface area contributed by atoms with Gasteiger partial charge in [0.1, 0.15) is 12.1 Å². The summed E-state index contributed by atoms with van der Waals surface area (Å²) in [5.74, 6) is -0.945. The van der Waals surface area contributed by atoms with Gasteiger partial charge in [0.25, 0.3) is 0 Å². The summed E-state index contributed by atoms with van der Waals surface area (Å²) in [6.45, 7) is 2.31.